The van der Waals surface area contributed by atoms with E-state index in [0.717, 1.165) is 21.3 Å². The number of benzene rings is 2. The van der Waals surface area contributed by atoms with Gasteiger partial charge < -0.3 is 4.57 Å². The molecule has 7 heteroatoms. The number of nitrogens with one attached hydrogen (secondary N) is 1. The predicted molar refractivity (Wildman–Crippen MR) is 126 cm³/mol. The molecule has 1 aromatic heterocycles. The van der Waals surface area contributed by atoms with Gasteiger partial charge in [0.15, 0.2) is 5.11 Å². The van der Waals surface area contributed by atoms with Crippen LogP contribution in [0.2, 0.25) is 0 Å². The summed E-state index contributed by atoms with van der Waals surface area (Å²) < 4.78 is 2.88. The Hall–Kier alpha value is -3.03. The predicted octanol–water partition coefficient (Wildman–Crippen LogP) is 4.69. The largest absolute Gasteiger partial charge is 0.317 e. The average Bonchev–Trinajstić information content (AvgIpc) is 3.15. The Balaban J connectivity index is 1.76. The summed E-state index contributed by atoms with van der Waals surface area (Å²) in [5.74, 6) is -0.950. The van der Waals surface area contributed by atoms with E-state index in [-0.39, 0.29) is 10.7 Å². The van der Waals surface area contributed by atoms with E-state index in [4.69, 9.17) is 12.2 Å². The summed E-state index contributed by atoms with van der Waals surface area (Å²) in [6.07, 6.45) is 3.48. The number of nitrogens with zero attached hydrogens (tertiary/aromatic N) is 2. The number of aryl methyl sites for hydroxylation is 2. The summed E-state index contributed by atoms with van der Waals surface area (Å²) in [6, 6.07) is 17.2. The van der Waals surface area contributed by atoms with Crippen molar-refractivity contribution in [3.8, 4) is 5.69 Å². The standard InChI is InChI=1S/C23H18BrN3O2S/c1-14-5-10-20(15(2)12-14)27-22(29)19(21(28)25-23(27)30)13-18-4-3-11-26(18)17-8-6-16(24)7-9-17/h3-13H,1-2H3,(H,25,28,30)/b19-13+. The minimum absolute atomic E-state index is 0.0284. The van der Waals surface area contributed by atoms with Crippen LogP contribution in [0.1, 0.15) is 16.8 Å². The zero-order valence-electron chi connectivity index (χ0n) is 16.3. The number of hydrogen-bond acceptors (Lipinski definition) is 3. The summed E-state index contributed by atoms with van der Waals surface area (Å²) in [5, 5.41) is 2.72. The number of aromatic nitrogens is 1. The first-order chi connectivity index (χ1) is 14.3. The van der Waals surface area contributed by atoms with Crippen molar-refractivity contribution in [3.63, 3.8) is 0 Å². The maximum absolute atomic E-state index is 13.3. The van der Waals surface area contributed by atoms with Crippen LogP contribution in [0.25, 0.3) is 11.8 Å². The Labute approximate surface area is 188 Å². The van der Waals surface area contributed by atoms with E-state index in [1.54, 1.807) is 6.08 Å². The lowest BCUT2D eigenvalue weighted by Gasteiger charge is -2.30. The van der Waals surface area contributed by atoms with Crippen molar-refractivity contribution in [1.29, 1.82) is 0 Å². The molecular weight excluding hydrogens is 462 g/mol. The maximum atomic E-state index is 13.3. The lowest BCUT2D eigenvalue weighted by atomic mass is 10.1. The highest BCUT2D eigenvalue weighted by atomic mass is 79.9. The molecule has 30 heavy (non-hydrogen) atoms. The average molecular weight is 480 g/mol. The monoisotopic (exact) mass is 479 g/mol. The van der Waals surface area contributed by atoms with Crippen molar-refractivity contribution in [2.45, 2.75) is 13.8 Å². The van der Waals surface area contributed by atoms with Crippen LogP contribution in [0.3, 0.4) is 0 Å². The van der Waals surface area contributed by atoms with Gasteiger partial charge in [-0.05, 0) is 80.2 Å². The minimum atomic E-state index is -0.505. The molecule has 0 atom stereocenters. The van der Waals surface area contributed by atoms with Gasteiger partial charge in [-0.2, -0.15) is 0 Å². The number of halogens is 1. The molecule has 2 amide bonds. The third-order valence-electron chi connectivity index (χ3n) is 4.87. The van der Waals surface area contributed by atoms with Crippen LogP contribution in [-0.2, 0) is 9.59 Å². The van der Waals surface area contributed by atoms with Gasteiger partial charge in [-0.15, -0.1) is 0 Å². The van der Waals surface area contributed by atoms with E-state index in [1.807, 2.05) is 79.2 Å². The second kappa shape index (κ2) is 8.01. The third-order valence-corrected chi connectivity index (χ3v) is 5.69. The zero-order chi connectivity index (χ0) is 21.4. The molecule has 4 rings (SSSR count). The number of hydrogen-bond donors (Lipinski definition) is 1. The molecule has 0 saturated carbocycles. The van der Waals surface area contributed by atoms with E-state index in [2.05, 4.69) is 21.2 Å². The van der Waals surface area contributed by atoms with Gasteiger partial charge in [-0.1, -0.05) is 33.6 Å². The topological polar surface area (TPSA) is 54.3 Å². The molecule has 1 N–H and O–H groups in total. The molecule has 5 nitrogen and oxygen atoms in total. The molecule has 3 aromatic rings. The number of carbonyl (C=O) groups excluding carboxylic acids is 2. The number of rotatable bonds is 3. The highest BCUT2D eigenvalue weighted by Crippen LogP contribution is 2.26. The number of amides is 2. The van der Waals surface area contributed by atoms with Crippen molar-refractivity contribution >= 4 is 56.8 Å². The van der Waals surface area contributed by atoms with Crippen molar-refractivity contribution < 1.29 is 9.59 Å². The summed E-state index contributed by atoms with van der Waals surface area (Å²) in [5.41, 5.74) is 4.30. The first-order valence-electron chi connectivity index (χ1n) is 9.27. The van der Waals surface area contributed by atoms with Gasteiger partial charge >= 0.3 is 0 Å². The molecule has 0 aliphatic carbocycles. The van der Waals surface area contributed by atoms with Crippen molar-refractivity contribution in [1.82, 2.24) is 9.88 Å². The van der Waals surface area contributed by atoms with E-state index < -0.39 is 11.8 Å². The van der Waals surface area contributed by atoms with Gasteiger partial charge in [0, 0.05) is 22.1 Å². The van der Waals surface area contributed by atoms with E-state index in [0.29, 0.717) is 11.4 Å². The highest BCUT2D eigenvalue weighted by molar-refractivity contribution is 9.10. The Morgan fingerprint density at radius 1 is 1.03 bits per heavy atom. The van der Waals surface area contributed by atoms with Crippen LogP contribution in [0, 0.1) is 13.8 Å². The van der Waals surface area contributed by atoms with Gasteiger partial charge in [0.05, 0.1) is 5.69 Å². The molecule has 0 radical (unpaired) electrons. The first kappa shape index (κ1) is 20.3. The smallest absolute Gasteiger partial charge is 0.270 e. The number of thiocarbonyl (C=S) groups is 1. The van der Waals surface area contributed by atoms with Crippen molar-refractivity contribution in [2.75, 3.05) is 4.90 Å². The maximum Gasteiger partial charge on any atom is 0.270 e. The molecule has 0 bridgehead atoms. The van der Waals surface area contributed by atoms with Crippen LogP contribution in [0.5, 0.6) is 0 Å². The SMILES string of the molecule is Cc1ccc(N2C(=O)/C(=C/c3cccn3-c3ccc(Br)cc3)C(=O)NC2=S)c(C)c1. The molecule has 1 aliphatic rings. The second-order valence-corrected chi connectivity index (χ2v) is 8.33. The summed E-state index contributed by atoms with van der Waals surface area (Å²) in [4.78, 5) is 27.3. The molecule has 0 unspecified atom stereocenters. The highest BCUT2D eigenvalue weighted by Gasteiger charge is 2.35. The van der Waals surface area contributed by atoms with E-state index in [1.165, 1.54) is 4.90 Å². The molecule has 0 spiro atoms. The van der Waals surface area contributed by atoms with Crippen LogP contribution >= 0.6 is 28.1 Å². The Morgan fingerprint density at radius 3 is 2.47 bits per heavy atom. The van der Waals surface area contributed by atoms with Crippen LogP contribution in [-0.4, -0.2) is 21.5 Å². The lowest BCUT2D eigenvalue weighted by molar-refractivity contribution is -0.122. The Kier molecular flexibility index (Phi) is 5.40. The lowest BCUT2D eigenvalue weighted by Crippen LogP contribution is -2.54. The van der Waals surface area contributed by atoms with Crippen molar-refractivity contribution in [2.24, 2.45) is 0 Å². The second-order valence-electron chi connectivity index (χ2n) is 7.03. The molecule has 1 aliphatic heterocycles. The normalized spacial score (nSPS) is 15.6. The minimum Gasteiger partial charge on any atom is -0.317 e. The number of anilines is 1. The zero-order valence-corrected chi connectivity index (χ0v) is 18.8. The molecule has 1 fully saturated rings. The van der Waals surface area contributed by atoms with Crippen LogP contribution in [0.15, 0.2) is 70.8 Å². The first-order valence-corrected chi connectivity index (χ1v) is 10.5. The molecule has 150 valence electrons. The Bertz CT molecular complexity index is 1210. The third kappa shape index (κ3) is 3.74. The van der Waals surface area contributed by atoms with Gasteiger partial charge in [0.2, 0.25) is 0 Å². The van der Waals surface area contributed by atoms with Crippen molar-refractivity contribution in [3.05, 3.63) is 87.7 Å². The van der Waals surface area contributed by atoms with Crippen LogP contribution < -0.4 is 10.2 Å². The summed E-state index contributed by atoms with van der Waals surface area (Å²) in [7, 11) is 0. The fourth-order valence-corrected chi connectivity index (χ4v) is 3.97. The Morgan fingerprint density at radius 2 is 1.77 bits per heavy atom. The van der Waals surface area contributed by atoms with Gasteiger partial charge in [-0.3, -0.25) is 19.8 Å². The van der Waals surface area contributed by atoms with Gasteiger partial charge in [0.1, 0.15) is 5.57 Å². The fraction of sp³-hybridized carbons (Fsp3) is 0.0870. The molecule has 2 aromatic carbocycles. The van der Waals surface area contributed by atoms with Gasteiger partial charge in [-0.25, -0.2) is 0 Å². The molecular formula is C23H18BrN3O2S. The number of carbonyl (C=O) groups is 2. The van der Waals surface area contributed by atoms with E-state index in [9.17, 15) is 9.59 Å². The van der Waals surface area contributed by atoms with E-state index >= 15 is 0 Å². The van der Waals surface area contributed by atoms with Crippen LogP contribution in [0.4, 0.5) is 5.69 Å². The summed E-state index contributed by atoms with van der Waals surface area (Å²) >= 11 is 8.74. The fourth-order valence-electron chi connectivity index (χ4n) is 3.43. The summed E-state index contributed by atoms with van der Waals surface area (Å²) in [6.45, 7) is 3.90. The molecule has 1 saturated heterocycles. The quantitative estimate of drug-likeness (QED) is 0.336. The van der Waals surface area contributed by atoms with Gasteiger partial charge in [0.25, 0.3) is 11.8 Å². The molecule has 2 heterocycles.